The van der Waals surface area contributed by atoms with Crippen molar-refractivity contribution in [1.82, 2.24) is 14.6 Å². The van der Waals surface area contributed by atoms with Crippen LogP contribution in [0.4, 0.5) is 0 Å². The van der Waals surface area contributed by atoms with E-state index < -0.39 is 0 Å². The molecule has 3 aromatic rings. The summed E-state index contributed by atoms with van der Waals surface area (Å²) in [6.45, 7) is 2.04. The smallest absolute Gasteiger partial charge is 0.273 e. The number of fused-ring (bicyclic) bond motifs is 1. The van der Waals surface area contributed by atoms with Gasteiger partial charge < -0.3 is 0 Å². The van der Waals surface area contributed by atoms with Crippen molar-refractivity contribution in [2.75, 3.05) is 0 Å². The van der Waals surface area contributed by atoms with E-state index >= 15 is 0 Å². The fraction of sp³-hybridized carbons (Fsp3) is 0.143. The number of aromatic nitrogens is 3. The van der Waals surface area contributed by atoms with Crippen molar-refractivity contribution in [1.29, 1.82) is 0 Å². The molecule has 1 aromatic carbocycles. The summed E-state index contributed by atoms with van der Waals surface area (Å²) in [6, 6.07) is 13.2. The van der Waals surface area contributed by atoms with Gasteiger partial charge in [-0.15, -0.1) is 0 Å². The van der Waals surface area contributed by atoms with Gasteiger partial charge in [0.25, 0.3) is 5.56 Å². The Bertz CT molecular complexity index is 741. The second-order valence-corrected chi connectivity index (χ2v) is 4.17. The molecule has 1 N–H and O–H groups in total. The van der Waals surface area contributed by atoms with Gasteiger partial charge in [0.15, 0.2) is 5.65 Å². The summed E-state index contributed by atoms with van der Waals surface area (Å²) in [7, 11) is 0. The maximum atomic E-state index is 12.0. The Morgan fingerprint density at radius 2 is 2.00 bits per heavy atom. The highest BCUT2D eigenvalue weighted by atomic mass is 16.1. The molecule has 2 heterocycles. The van der Waals surface area contributed by atoms with E-state index in [2.05, 4.69) is 10.1 Å². The molecule has 18 heavy (non-hydrogen) atoms. The molecule has 2 aromatic heterocycles. The highest BCUT2D eigenvalue weighted by Gasteiger charge is 2.06. The summed E-state index contributed by atoms with van der Waals surface area (Å²) in [6.07, 6.45) is 0.851. The molecule has 0 saturated heterocycles. The maximum Gasteiger partial charge on any atom is 0.273 e. The molecule has 0 radical (unpaired) electrons. The maximum absolute atomic E-state index is 12.0. The first-order chi connectivity index (χ1) is 8.78. The van der Waals surface area contributed by atoms with Gasteiger partial charge in [0.2, 0.25) is 0 Å². The van der Waals surface area contributed by atoms with Crippen LogP contribution in [0.3, 0.4) is 0 Å². The molecule has 0 fully saturated rings. The predicted octanol–water partition coefficient (Wildman–Crippen LogP) is 2.25. The lowest BCUT2D eigenvalue weighted by molar-refractivity contribution is 0.859. The number of hydrogen-bond acceptors (Lipinski definition) is 2. The first-order valence-corrected chi connectivity index (χ1v) is 5.95. The number of rotatable bonds is 2. The fourth-order valence-electron chi connectivity index (χ4n) is 1.98. The largest absolute Gasteiger partial charge is 0.294 e. The third kappa shape index (κ3) is 1.72. The van der Waals surface area contributed by atoms with Crippen LogP contribution in [-0.2, 0) is 6.42 Å². The Kier molecular flexibility index (Phi) is 2.48. The quantitative estimate of drug-likeness (QED) is 0.745. The van der Waals surface area contributed by atoms with Gasteiger partial charge in [-0.1, -0.05) is 37.3 Å². The van der Waals surface area contributed by atoms with E-state index in [9.17, 15) is 4.79 Å². The van der Waals surface area contributed by atoms with Gasteiger partial charge in [-0.2, -0.15) is 0 Å². The Morgan fingerprint density at radius 1 is 1.22 bits per heavy atom. The molecule has 0 saturated carbocycles. The highest BCUT2D eigenvalue weighted by molar-refractivity contribution is 5.61. The van der Waals surface area contributed by atoms with Crippen molar-refractivity contribution in [2.24, 2.45) is 0 Å². The van der Waals surface area contributed by atoms with E-state index in [4.69, 9.17) is 0 Å². The van der Waals surface area contributed by atoms with Crippen LogP contribution in [0.15, 0.2) is 47.3 Å². The third-order valence-corrected chi connectivity index (χ3v) is 2.95. The zero-order valence-corrected chi connectivity index (χ0v) is 10.1. The Labute approximate surface area is 104 Å². The first kappa shape index (κ1) is 10.8. The molecule has 0 aliphatic carbocycles. The zero-order valence-electron chi connectivity index (χ0n) is 10.1. The zero-order chi connectivity index (χ0) is 12.5. The SMILES string of the molecule is CCc1cc2nc(-c3ccccc3)cc(=O)n2[nH]1. The molecule has 90 valence electrons. The first-order valence-electron chi connectivity index (χ1n) is 5.95. The molecule has 0 unspecified atom stereocenters. The van der Waals surface area contributed by atoms with Gasteiger partial charge in [0, 0.05) is 23.4 Å². The normalized spacial score (nSPS) is 10.9. The van der Waals surface area contributed by atoms with Crippen LogP contribution in [0, 0.1) is 0 Å². The number of H-pyrrole nitrogens is 1. The second kappa shape index (κ2) is 4.14. The van der Waals surface area contributed by atoms with Crippen molar-refractivity contribution in [3.05, 3.63) is 58.5 Å². The average Bonchev–Trinajstić information content (AvgIpc) is 2.83. The molecule has 0 bridgehead atoms. The van der Waals surface area contributed by atoms with Gasteiger partial charge in [0.1, 0.15) is 0 Å². The minimum absolute atomic E-state index is 0.0847. The summed E-state index contributed by atoms with van der Waals surface area (Å²) >= 11 is 0. The van der Waals surface area contributed by atoms with E-state index in [1.165, 1.54) is 4.52 Å². The van der Waals surface area contributed by atoms with Gasteiger partial charge in [0.05, 0.1) is 5.69 Å². The van der Waals surface area contributed by atoms with Crippen molar-refractivity contribution >= 4 is 5.65 Å². The van der Waals surface area contributed by atoms with E-state index in [1.807, 2.05) is 43.3 Å². The Hall–Kier alpha value is -2.36. The summed E-state index contributed by atoms with van der Waals surface area (Å²) in [5, 5.41) is 3.03. The monoisotopic (exact) mass is 239 g/mol. The van der Waals surface area contributed by atoms with Gasteiger partial charge >= 0.3 is 0 Å². The van der Waals surface area contributed by atoms with Crippen LogP contribution in [-0.4, -0.2) is 14.6 Å². The predicted molar refractivity (Wildman–Crippen MR) is 70.6 cm³/mol. The van der Waals surface area contributed by atoms with Gasteiger partial charge in [-0.3, -0.25) is 9.89 Å². The lowest BCUT2D eigenvalue weighted by Gasteiger charge is -2.00. The van der Waals surface area contributed by atoms with E-state index in [0.29, 0.717) is 11.3 Å². The van der Waals surface area contributed by atoms with Crippen molar-refractivity contribution in [2.45, 2.75) is 13.3 Å². The summed E-state index contributed by atoms with van der Waals surface area (Å²) in [5.41, 5.74) is 3.25. The van der Waals surface area contributed by atoms with E-state index in [1.54, 1.807) is 6.07 Å². The van der Waals surface area contributed by atoms with Crippen molar-refractivity contribution < 1.29 is 0 Å². The molecule has 4 heteroatoms. The molecule has 0 amide bonds. The minimum atomic E-state index is -0.0847. The molecule has 0 spiro atoms. The number of benzene rings is 1. The van der Waals surface area contributed by atoms with Crippen LogP contribution >= 0.6 is 0 Å². The summed E-state index contributed by atoms with van der Waals surface area (Å²) in [5.74, 6) is 0. The molecule has 0 atom stereocenters. The molecule has 4 nitrogen and oxygen atoms in total. The Balaban J connectivity index is 2.24. The fourth-order valence-corrected chi connectivity index (χ4v) is 1.98. The number of hydrogen-bond donors (Lipinski definition) is 1. The van der Waals surface area contributed by atoms with Gasteiger partial charge in [-0.05, 0) is 6.42 Å². The third-order valence-electron chi connectivity index (χ3n) is 2.95. The number of aryl methyl sites for hydroxylation is 1. The van der Waals surface area contributed by atoms with Crippen molar-refractivity contribution in [3.8, 4) is 11.3 Å². The van der Waals surface area contributed by atoms with Crippen LogP contribution in [0.1, 0.15) is 12.6 Å². The molecule has 0 aliphatic heterocycles. The minimum Gasteiger partial charge on any atom is -0.294 e. The number of nitrogens with one attached hydrogen (secondary N) is 1. The molecular formula is C14H13N3O. The Morgan fingerprint density at radius 3 is 2.72 bits per heavy atom. The van der Waals surface area contributed by atoms with Gasteiger partial charge in [-0.25, -0.2) is 9.50 Å². The van der Waals surface area contributed by atoms with E-state index in [0.717, 1.165) is 17.7 Å². The summed E-state index contributed by atoms with van der Waals surface area (Å²) < 4.78 is 1.48. The highest BCUT2D eigenvalue weighted by Crippen LogP contribution is 2.15. The number of aromatic amines is 1. The van der Waals surface area contributed by atoms with Crippen LogP contribution < -0.4 is 5.56 Å². The molecule has 3 rings (SSSR count). The van der Waals surface area contributed by atoms with Crippen LogP contribution in [0.2, 0.25) is 0 Å². The number of nitrogens with zero attached hydrogens (tertiary/aromatic N) is 2. The topological polar surface area (TPSA) is 50.2 Å². The lowest BCUT2D eigenvalue weighted by atomic mass is 10.1. The second-order valence-electron chi connectivity index (χ2n) is 4.17. The van der Waals surface area contributed by atoms with E-state index in [-0.39, 0.29) is 5.56 Å². The summed E-state index contributed by atoms with van der Waals surface area (Å²) in [4.78, 5) is 16.5. The molecule has 0 aliphatic rings. The standard InChI is InChI=1S/C14H13N3O/c1-2-11-8-13-15-12(9-14(18)17(13)16-11)10-6-4-3-5-7-10/h3-9,16H,2H2,1H3. The average molecular weight is 239 g/mol. The van der Waals surface area contributed by atoms with Crippen molar-refractivity contribution in [3.63, 3.8) is 0 Å². The van der Waals surface area contributed by atoms with Crippen LogP contribution in [0.25, 0.3) is 16.9 Å². The van der Waals surface area contributed by atoms with Crippen LogP contribution in [0.5, 0.6) is 0 Å². The molecular weight excluding hydrogens is 226 g/mol. The lowest BCUT2D eigenvalue weighted by Crippen LogP contribution is -2.14.